The van der Waals surface area contributed by atoms with Crippen LogP contribution < -0.4 is 14.8 Å². The van der Waals surface area contributed by atoms with E-state index in [0.717, 1.165) is 25.1 Å². The van der Waals surface area contributed by atoms with Gasteiger partial charge >= 0.3 is 6.36 Å². The Hall–Kier alpha value is -3.22. The number of anilines is 1. The zero-order valence-electron chi connectivity index (χ0n) is 14.7. The average molecular weight is 385 g/mol. The number of rotatable bonds is 4. The first-order valence-corrected chi connectivity index (χ1v) is 8.76. The Bertz CT molecular complexity index is 972. The second-order valence-electron chi connectivity index (χ2n) is 6.27. The summed E-state index contributed by atoms with van der Waals surface area (Å²) in [5.41, 5.74) is 3.40. The molecular weight excluding hydrogens is 369 g/mol. The number of alkyl halides is 3. The van der Waals surface area contributed by atoms with Crippen LogP contribution in [0.1, 0.15) is 12.0 Å². The minimum atomic E-state index is -4.75. The third-order valence-corrected chi connectivity index (χ3v) is 4.34. The largest absolute Gasteiger partial charge is 0.573 e. The first-order valence-electron chi connectivity index (χ1n) is 8.76. The van der Waals surface area contributed by atoms with Gasteiger partial charge in [0.1, 0.15) is 5.75 Å². The van der Waals surface area contributed by atoms with Crippen LogP contribution in [-0.2, 0) is 6.42 Å². The van der Waals surface area contributed by atoms with Crippen molar-refractivity contribution in [3.63, 3.8) is 0 Å². The molecule has 4 rings (SSSR count). The molecule has 2 heterocycles. The Morgan fingerprint density at radius 3 is 2.75 bits per heavy atom. The summed E-state index contributed by atoms with van der Waals surface area (Å²) in [7, 11) is 0. The second-order valence-corrected chi connectivity index (χ2v) is 6.27. The fourth-order valence-corrected chi connectivity index (χ4v) is 3.13. The van der Waals surface area contributed by atoms with Gasteiger partial charge in [-0.2, -0.15) is 0 Å². The van der Waals surface area contributed by atoms with Crippen molar-refractivity contribution in [1.82, 2.24) is 4.98 Å². The second kappa shape index (κ2) is 7.42. The number of nitrogens with zero attached hydrogens (tertiary/aromatic N) is 1. The van der Waals surface area contributed by atoms with Crippen LogP contribution in [0.2, 0.25) is 0 Å². The number of halogens is 3. The van der Waals surface area contributed by atoms with Gasteiger partial charge in [-0.05, 0) is 54.3 Å². The maximum absolute atomic E-state index is 12.3. The van der Waals surface area contributed by atoms with Gasteiger partial charge in [-0.15, -0.1) is 13.2 Å². The lowest BCUT2D eigenvalue weighted by Crippen LogP contribution is -2.17. The Morgan fingerprint density at radius 1 is 1.07 bits per heavy atom. The zero-order valence-corrected chi connectivity index (χ0v) is 14.7. The number of fused-ring (bicyclic) bond motifs is 1. The molecule has 4 nitrogen and oxygen atoms in total. The van der Waals surface area contributed by atoms with E-state index in [0.29, 0.717) is 22.8 Å². The van der Waals surface area contributed by atoms with E-state index >= 15 is 0 Å². The Balaban J connectivity index is 1.63. The van der Waals surface area contributed by atoms with E-state index in [-0.39, 0.29) is 0 Å². The third-order valence-electron chi connectivity index (χ3n) is 4.34. The van der Waals surface area contributed by atoms with Crippen LogP contribution in [0.3, 0.4) is 0 Å². The highest BCUT2D eigenvalue weighted by molar-refractivity contribution is 5.71. The predicted octanol–water partition coefficient (Wildman–Crippen LogP) is 5.60. The van der Waals surface area contributed by atoms with Gasteiger partial charge < -0.3 is 14.8 Å². The predicted molar refractivity (Wildman–Crippen MR) is 98.5 cm³/mol. The number of aromatic nitrogens is 1. The topological polar surface area (TPSA) is 43.4 Å². The molecule has 1 aliphatic heterocycles. The summed E-state index contributed by atoms with van der Waals surface area (Å²) in [4.78, 5) is 4.31. The first kappa shape index (κ1) is 18.2. The maximum Gasteiger partial charge on any atom is 0.573 e. The Kier molecular flexibility index (Phi) is 4.81. The molecule has 1 aromatic heterocycles. The molecule has 0 saturated carbocycles. The van der Waals surface area contributed by atoms with Crippen LogP contribution >= 0.6 is 0 Å². The van der Waals surface area contributed by atoms with E-state index in [1.807, 2.05) is 12.1 Å². The summed E-state index contributed by atoms with van der Waals surface area (Å²) in [5.74, 6) is 0.628. The molecule has 0 fully saturated rings. The zero-order chi connectivity index (χ0) is 19.6. The lowest BCUT2D eigenvalue weighted by atomic mass is 10.0. The quantitative estimate of drug-likeness (QED) is 0.635. The molecule has 0 amide bonds. The lowest BCUT2D eigenvalue weighted by molar-refractivity contribution is -0.274. The van der Waals surface area contributed by atoms with Crippen LogP contribution in [-0.4, -0.2) is 17.9 Å². The molecule has 1 aliphatic rings. The Morgan fingerprint density at radius 2 is 1.96 bits per heavy atom. The molecule has 1 radical (unpaired) electrons. The van der Waals surface area contributed by atoms with E-state index in [4.69, 9.17) is 4.74 Å². The molecule has 28 heavy (non-hydrogen) atoms. The van der Waals surface area contributed by atoms with Gasteiger partial charge in [0.05, 0.1) is 5.69 Å². The van der Waals surface area contributed by atoms with Gasteiger partial charge in [0, 0.05) is 24.4 Å². The molecular formula is C21H16F3N2O2. The first-order chi connectivity index (χ1) is 13.5. The normalized spacial score (nSPS) is 13.4. The molecule has 0 spiro atoms. The molecule has 0 bridgehead atoms. The number of pyridine rings is 1. The van der Waals surface area contributed by atoms with E-state index < -0.39 is 12.1 Å². The van der Waals surface area contributed by atoms with Crippen LogP contribution in [0.25, 0.3) is 11.1 Å². The van der Waals surface area contributed by atoms with Gasteiger partial charge in [-0.3, -0.25) is 0 Å². The number of ether oxygens (including phenoxy) is 2. The molecule has 0 saturated heterocycles. The molecule has 0 aliphatic carbocycles. The minimum Gasteiger partial charge on any atom is -0.436 e. The molecule has 0 unspecified atom stereocenters. The maximum atomic E-state index is 12.3. The average Bonchev–Trinajstić information content (AvgIpc) is 2.68. The molecule has 3 aromatic rings. The summed E-state index contributed by atoms with van der Waals surface area (Å²) in [6.07, 6.45) is -1.11. The van der Waals surface area contributed by atoms with E-state index in [1.165, 1.54) is 23.8 Å². The monoisotopic (exact) mass is 385 g/mol. The van der Waals surface area contributed by atoms with Crippen molar-refractivity contribution in [2.45, 2.75) is 19.2 Å². The highest BCUT2D eigenvalue weighted by Gasteiger charge is 2.31. The summed E-state index contributed by atoms with van der Waals surface area (Å²) in [6.45, 7) is 0.873. The molecule has 1 N–H and O–H groups in total. The summed E-state index contributed by atoms with van der Waals surface area (Å²) >= 11 is 0. The number of para-hydroxylation sites is 1. The van der Waals surface area contributed by atoms with Crippen molar-refractivity contribution < 1.29 is 22.6 Å². The molecule has 143 valence electrons. The lowest BCUT2D eigenvalue weighted by Gasteiger charge is -2.21. The van der Waals surface area contributed by atoms with Gasteiger partial charge in [-0.25, -0.2) is 4.98 Å². The van der Waals surface area contributed by atoms with Gasteiger partial charge in [0.25, 0.3) is 0 Å². The van der Waals surface area contributed by atoms with Crippen molar-refractivity contribution in [3.8, 4) is 28.5 Å². The number of benzene rings is 2. The number of nitrogens with one attached hydrogen (secondary N) is 1. The smallest absolute Gasteiger partial charge is 0.436 e. The number of hydrogen-bond acceptors (Lipinski definition) is 4. The standard InChI is InChI=1S/C21H16F3N2O2/c22-21(23,24)28-16-10-8-14(9-11-16)17-6-3-13-26-20(17)27-18-7-1-4-15-5-2-12-25-19(15)18/h1,3-4,6-10,13,25H,2,5,12H2. The van der Waals surface area contributed by atoms with Gasteiger partial charge in [-0.1, -0.05) is 18.2 Å². The van der Waals surface area contributed by atoms with Crippen molar-refractivity contribution in [2.75, 3.05) is 11.9 Å². The summed E-state index contributed by atoms with van der Waals surface area (Å²) in [5, 5.41) is 3.36. The van der Waals surface area contributed by atoms with Crippen molar-refractivity contribution >= 4 is 5.69 Å². The summed E-state index contributed by atoms with van der Waals surface area (Å²) in [6, 6.07) is 16.0. The van der Waals surface area contributed by atoms with E-state index in [1.54, 1.807) is 18.3 Å². The summed E-state index contributed by atoms with van der Waals surface area (Å²) < 4.78 is 46.9. The van der Waals surface area contributed by atoms with Crippen molar-refractivity contribution in [3.05, 3.63) is 66.4 Å². The SMILES string of the molecule is FC(F)(F)Oc1[c]cc(-c2cccnc2Oc2cccc3c2NCCC3)cc1. The number of aryl methyl sites for hydroxylation is 1. The highest BCUT2D eigenvalue weighted by Crippen LogP contribution is 2.38. The van der Waals surface area contributed by atoms with Crippen molar-refractivity contribution in [1.29, 1.82) is 0 Å². The minimum absolute atomic E-state index is 0.362. The van der Waals surface area contributed by atoms with E-state index in [2.05, 4.69) is 27.2 Å². The van der Waals surface area contributed by atoms with Crippen LogP contribution in [0, 0.1) is 6.07 Å². The number of hydrogen-bond donors (Lipinski definition) is 1. The van der Waals surface area contributed by atoms with E-state index in [9.17, 15) is 13.2 Å². The molecule has 7 heteroatoms. The molecule has 0 atom stereocenters. The van der Waals surface area contributed by atoms with Crippen molar-refractivity contribution in [2.24, 2.45) is 0 Å². The Labute approximate surface area is 159 Å². The van der Waals surface area contributed by atoms with Gasteiger partial charge in [0.15, 0.2) is 5.75 Å². The van der Waals surface area contributed by atoms with Crippen LogP contribution in [0.15, 0.2) is 54.7 Å². The van der Waals surface area contributed by atoms with Gasteiger partial charge in [0.2, 0.25) is 5.88 Å². The fourth-order valence-electron chi connectivity index (χ4n) is 3.13. The third kappa shape index (κ3) is 4.03. The molecule has 2 aromatic carbocycles. The fraction of sp³-hybridized carbons (Fsp3) is 0.190. The highest BCUT2D eigenvalue weighted by atomic mass is 19.4. The van der Waals surface area contributed by atoms with Crippen LogP contribution in [0.4, 0.5) is 18.9 Å². The van der Waals surface area contributed by atoms with Crippen LogP contribution in [0.5, 0.6) is 17.4 Å².